The fourth-order valence-electron chi connectivity index (χ4n) is 2.43. The van der Waals surface area contributed by atoms with Crippen LogP contribution >= 0.6 is 12.2 Å². The normalized spacial score (nSPS) is 11.5. The Kier molecular flexibility index (Phi) is 8.52. The lowest BCUT2D eigenvalue weighted by Crippen LogP contribution is -2.33. The van der Waals surface area contributed by atoms with Crippen molar-refractivity contribution >= 4 is 45.0 Å². The lowest BCUT2D eigenvalue weighted by atomic mass is 10.2. The van der Waals surface area contributed by atoms with Gasteiger partial charge in [0.15, 0.2) is 5.11 Å². The van der Waals surface area contributed by atoms with Gasteiger partial charge in [-0.1, -0.05) is 12.1 Å². The van der Waals surface area contributed by atoms with Crippen molar-refractivity contribution in [2.24, 2.45) is 0 Å². The van der Waals surface area contributed by atoms with Crippen molar-refractivity contribution in [3.63, 3.8) is 0 Å². The number of anilines is 1. The standard InChI is InChI=1S/C21H25N3O4S2/c1-4-28-18-10-5-16(6-11-18)7-14-20(25)23-21(29)22-17-8-12-19(13-9-17)30(26,27)24-15(2)3/h5-15,24H,4H2,1-3H3,(H2,22,23,25,29)/b14-7+. The van der Waals surface area contributed by atoms with Crippen LogP contribution in [-0.4, -0.2) is 32.1 Å². The predicted molar refractivity (Wildman–Crippen MR) is 123 cm³/mol. The quantitative estimate of drug-likeness (QED) is 0.424. The molecule has 0 aliphatic heterocycles. The third-order valence-electron chi connectivity index (χ3n) is 3.67. The van der Waals surface area contributed by atoms with Crippen LogP contribution in [0.25, 0.3) is 6.08 Å². The Hall–Kier alpha value is -2.75. The van der Waals surface area contributed by atoms with Crippen molar-refractivity contribution in [2.75, 3.05) is 11.9 Å². The number of thiocarbonyl (C=S) groups is 1. The predicted octanol–water partition coefficient (Wildman–Crippen LogP) is 3.30. The molecule has 0 heterocycles. The van der Waals surface area contributed by atoms with Crippen molar-refractivity contribution in [2.45, 2.75) is 31.7 Å². The molecule has 2 aromatic carbocycles. The minimum Gasteiger partial charge on any atom is -0.494 e. The fraction of sp³-hybridized carbons (Fsp3) is 0.238. The van der Waals surface area contributed by atoms with E-state index in [1.54, 1.807) is 32.1 Å². The maximum atomic E-state index is 12.1. The van der Waals surface area contributed by atoms with Crippen molar-refractivity contribution in [1.29, 1.82) is 0 Å². The zero-order valence-electron chi connectivity index (χ0n) is 17.0. The minimum absolute atomic E-state index is 0.104. The van der Waals surface area contributed by atoms with Crippen LogP contribution in [0, 0.1) is 0 Å². The summed E-state index contributed by atoms with van der Waals surface area (Å²) in [5.74, 6) is 0.380. The second-order valence-corrected chi connectivity index (χ2v) is 8.70. The van der Waals surface area contributed by atoms with Gasteiger partial charge in [0.25, 0.3) is 0 Å². The molecule has 0 saturated carbocycles. The lowest BCUT2D eigenvalue weighted by molar-refractivity contribution is -0.115. The van der Waals surface area contributed by atoms with Crippen molar-refractivity contribution in [1.82, 2.24) is 10.0 Å². The lowest BCUT2D eigenvalue weighted by Gasteiger charge is -2.11. The van der Waals surface area contributed by atoms with Crippen molar-refractivity contribution in [3.05, 3.63) is 60.2 Å². The molecule has 30 heavy (non-hydrogen) atoms. The summed E-state index contributed by atoms with van der Waals surface area (Å²) in [7, 11) is -3.56. The van der Waals surface area contributed by atoms with Crippen LogP contribution in [0.5, 0.6) is 5.75 Å². The number of ether oxygens (including phenoxy) is 1. The molecular weight excluding hydrogens is 422 g/mol. The zero-order chi connectivity index (χ0) is 22.1. The number of carbonyl (C=O) groups excluding carboxylic acids is 1. The maximum absolute atomic E-state index is 12.1. The Bertz CT molecular complexity index is 1000. The number of carbonyl (C=O) groups is 1. The summed E-state index contributed by atoms with van der Waals surface area (Å²) in [6, 6.07) is 13.2. The molecular formula is C21H25N3O4S2. The van der Waals surface area contributed by atoms with E-state index in [4.69, 9.17) is 17.0 Å². The largest absolute Gasteiger partial charge is 0.494 e. The van der Waals surface area contributed by atoms with Crippen LogP contribution in [0.3, 0.4) is 0 Å². The first-order valence-electron chi connectivity index (χ1n) is 9.35. The van der Waals surface area contributed by atoms with Gasteiger partial charge in [-0.25, -0.2) is 13.1 Å². The molecule has 0 aromatic heterocycles. The Morgan fingerprint density at radius 3 is 2.30 bits per heavy atom. The summed E-state index contributed by atoms with van der Waals surface area (Å²) in [5.41, 5.74) is 1.40. The van der Waals surface area contributed by atoms with Crippen LogP contribution < -0.4 is 20.1 Å². The van der Waals surface area contributed by atoms with E-state index >= 15 is 0 Å². The first-order valence-corrected chi connectivity index (χ1v) is 11.2. The van der Waals surface area contributed by atoms with Gasteiger partial charge in [0.05, 0.1) is 11.5 Å². The number of hydrogen-bond acceptors (Lipinski definition) is 5. The Morgan fingerprint density at radius 2 is 1.73 bits per heavy atom. The van der Waals surface area contributed by atoms with E-state index in [0.29, 0.717) is 12.3 Å². The van der Waals surface area contributed by atoms with Crippen LogP contribution in [0.4, 0.5) is 5.69 Å². The van der Waals surface area contributed by atoms with E-state index in [2.05, 4.69) is 15.4 Å². The molecule has 0 bridgehead atoms. The van der Waals surface area contributed by atoms with Crippen LogP contribution in [0.2, 0.25) is 0 Å². The number of amides is 1. The van der Waals surface area contributed by atoms with Crippen molar-refractivity contribution in [3.8, 4) is 5.75 Å². The molecule has 3 N–H and O–H groups in total. The van der Waals surface area contributed by atoms with E-state index < -0.39 is 10.0 Å². The van der Waals surface area contributed by atoms with Gasteiger partial charge < -0.3 is 10.1 Å². The minimum atomic E-state index is -3.56. The van der Waals surface area contributed by atoms with E-state index in [1.165, 1.54) is 18.2 Å². The molecule has 0 unspecified atom stereocenters. The Labute approximate surface area is 182 Å². The van der Waals surface area contributed by atoms with Gasteiger partial charge in [0.1, 0.15) is 5.75 Å². The molecule has 7 nitrogen and oxygen atoms in total. The summed E-state index contributed by atoms with van der Waals surface area (Å²) < 4.78 is 32.2. The number of nitrogens with one attached hydrogen (secondary N) is 3. The molecule has 9 heteroatoms. The van der Waals surface area contributed by atoms with Crippen LogP contribution in [0.15, 0.2) is 59.5 Å². The molecule has 1 amide bonds. The summed E-state index contributed by atoms with van der Waals surface area (Å²) in [5, 5.41) is 5.49. The SMILES string of the molecule is CCOc1ccc(/C=C/C(=O)NC(=S)Nc2ccc(S(=O)(=O)NC(C)C)cc2)cc1. The smallest absolute Gasteiger partial charge is 0.250 e. The summed E-state index contributed by atoms with van der Waals surface area (Å²) in [6.07, 6.45) is 3.03. The van der Waals surface area contributed by atoms with Gasteiger partial charge in [0, 0.05) is 17.8 Å². The first kappa shape index (κ1) is 23.5. The average molecular weight is 448 g/mol. The number of benzene rings is 2. The molecule has 2 aromatic rings. The van der Waals surface area contributed by atoms with E-state index in [1.807, 2.05) is 31.2 Å². The van der Waals surface area contributed by atoms with Crippen LogP contribution in [0.1, 0.15) is 26.3 Å². The molecule has 0 saturated heterocycles. The average Bonchev–Trinajstić information content (AvgIpc) is 2.67. The van der Waals surface area contributed by atoms with Gasteiger partial charge in [0.2, 0.25) is 15.9 Å². The second kappa shape index (κ2) is 10.9. The highest BCUT2D eigenvalue weighted by molar-refractivity contribution is 7.89. The third kappa shape index (κ3) is 7.58. The second-order valence-electron chi connectivity index (χ2n) is 6.58. The number of hydrogen-bond donors (Lipinski definition) is 3. The number of sulfonamides is 1. The van der Waals surface area contributed by atoms with Gasteiger partial charge >= 0.3 is 0 Å². The van der Waals surface area contributed by atoms with Gasteiger partial charge in [-0.15, -0.1) is 0 Å². The topological polar surface area (TPSA) is 96.5 Å². The Balaban J connectivity index is 1.89. The van der Waals surface area contributed by atoms with Gasteiger partial charge in [-0.2, -0.15) is 0 Å². The summed E-state index contributed by atoms with van der Waals surface area (Å²) >= 11 is 5.13. The molecule has 0 aliphatic rings. The molecule has 2 rings (SSSR count). The molecule has 0 aliphatic carbocycles. The van der Waals surface area contributed by atoms with E-state index in [-0.39, 0.29) is 22.0 Å². The molecule has 0 atom stereocenters. The monoisotopic (exact) mass is 447 g/mol. The molecule has 0 fully saturated rings. The highest BCUT2D eigenvalue weighted by Gasteiger charge is 2.15. The fourth-order valence-corrected chi connectivity index (χ4v) is 3.89. The summed E-state index contributed by atoms with van der Waals surface area (Å²) in [6.45, 7) is 6.00. The Morgan fingerprint density at radius 1 is 1.10 bits per heavy atom. The molecule has 0 spiro atoms. The first-order chi connectivity index (χ1) is 14.2. The highest BCUT2D eigenvalue weighted by Crippen LogP contribution is 2.15. The summed E-state index contributed by atoms with van der Waals surface area (Å²) in [4.78, 5) is 12.2. The van der Waals surface area contributed by atoms with Gasteiger partial charge in [-0.05, 0) is 81.0 Å². The highest BCUT2D eigenvalue weighted by atomic mass is 32.2. The zero-order valence-corrected chi connectivity index (χ0v) is 18.6. The molecule has 0 radical (unpaired) electrons. The van der Waals surface area contributed by atoms with E-state index in [0.717, 1.165) is 11.3 Å². The van der Waals surface area contributed by atoms with Crippen molar-refractivity contribution < 1.29 is 17.9 Å². The molecule has 160 valence electrons. The third-order valence-corrected chi connectivity index (χ3v) is 5.55. The maximum Gasteiger partial charge on any atom is 0.250 e. The number of rotatable bonds is 8. The van der Waals surface area contributed by atoms with Crippen LogP contribution in [-0.2, 0) is 14.8 Å². The van der Waals surface area contributed by atoms with Gasteiger partial charge in [-0.3, -0.25) is 10.1 Å². The van der Waals surface area contributed by atoms with E-state index in [9.17, 15) is 13.2 Å².